The van der Waals surface area contributed by atoms with E-state index in [0.29, 0.717) is 13.2 Å². The second-order valence-corrected chi connectivity index (χ2v) is 6.89. The molecule has 20 heavy (non-hydrogen) atoms. The Hall–Kier alpha value is -1.18. The van der Waals surface area contributed by atoms with Crippen LogP contribution in [0.15, 0.2) is 17.0 Å². The van der Waals surface area contributed by atoms with E-state index in [1.54, 1.807) is 0 Å². The number of nitrogens with two attached hydrogens (primary N) is 1. The van der Waals surface area contributed by atoms with Crippen LogP contribution in [0.3, 0.4) is 0 Å². The van der Waals surface area contributed by atoms with Crippen LogP contribution in [-0.4, -0.2) is 27.7 Å². The normalized spacial score (nSPS) is 23.1. The van der Waals surface area contributed by atoms with Gasteiger partial charge in [-0.1, -0.05) is 0 Å². The second-order valence-electron chi connectivity index (χ2n) is 5.12. The van der Waals surface area contributed by atoms with Crippen molar-refractivity contribution in [1.29, 1.82) is 0 Å². The number of halogens is 1. The number of hydrogen-bond acceptors (Lipinski definition) is 4. The Balaban J connectivity index is 2.14. The molecule has 1 saturated heterocycles. The molecule has 0 radical (unpaired) electrons. The molecular weight excluding hydrogens is 283 g/mol. The fourth-order valence-corrected chi connectivity index (χ4v) is 3.48. The quantitative estimate of drug-likeness (QED) is 0.824. The molecule has 7 heteroatoms. The molecule has 0 amide bonds. The van der Waals surface area contributed by atoms with Crippen LogP contribution >= 0.6 is 0 Å². The largest absolute Gasteiger partial charge is 0.396 e. The molecule has 1 aromatic rings. The Morgan fingerprint density at radius 3 is 2.75 bits per heavy atom. The Morgan fingerprint density at radius 2 is 2.20 bits per heavy atom. The molecule has 2 atom stereocenters. The van der Waals surface area contributed by atoms with E-state index >= 15 is 0 Å². The molecule has 2 rings (SSSR count). The first-order valence-corrected chi connectivity index (χ1v) is 7.96. The van der Waals surface area contributed by atoms with Gasteiger partial charge < -0.3 is 10.5 Å². The highest BCUT2D eigenvalue weighted by atomic mass is 32.2. The van der Waals surface area contributed by atoms with Gasteiger partial charge in [-0.25, -0.2) is 17.5 Å². The zero-order chi connectivity index (χ0) is 14.9. The Bertz CT molecular complexity index is 581. The smallest absolute Gasteiger partial charge is 0.240 e. The summed E-state index contributed by atoms with van der Waals surface area (Å²) >= 11 is 0. The Morgan fingerprint density at radius 1 is 1.50 bits per heavy atom. The lowest BCUT2D eigenvalue weighted by atomic mass is 10.0. The van der Waals surface area contributed by atoms with E-state index in [2.05, 4.69) is 4.72 Å². The van der Waals surface area contributed by atoms with Crippen LogP contribution in [0.25, 0.3) is 0 Å². The van der Waals surface area contributed by atoms with Gasteiger partial charge in [0.25, 0.3) is 0 Å². The first-order chi connectivity index (χ1) is 9.31. The van der Waals surface area contributed by atoms with Gasteiger partial charge in [-0.2, -0.15) is 0 Å². The van der Waals surface area contributed by atoms with E-state index in [1.165, 1.54) is 13.0 Å². The van der Waals surface area contributed by atoms with E-state index in [0.717, 1.165) is 12.5 Å². The predicted molar refractivity (Wildman–Crippen MR) is 74.3 cm³/mol. The monoisotopic (exact) mass is 302 g/mol. The van der Waals surface area contributed by atoms with Crippen molar-refractivity contribution in [2.24, 2.45) is 5.92 Å². The average molecular weight is 302 g/mol. The summed E-state index contributed by atoms with van der Waals surface area (Å²) in [5.41, 5.74) is 5.52. The number of nitrogen functional groups attached to an aromatic ring is 1. The average Bonchev–Trinajstić information content (AvgIpc) is 2.78. The lowest BCUT2D eigenvalue weighted by molar-refractivity contribution is 0.107. The third-order valence-corrected chi connectivity index (χ3v) is 5.04. The summed E-state index contributed by atoms with van der Waals surface area (Å²) in [7, 11) is -3.69. The van der Waals surface area contributed by atoms with Gasteiger partial charge in [-0.05, 0) is 38.0 Å². The lowest BCUT2D eigenvalue weighted by Gasteiger charge is -2.15. The van der Waals surface area contributed by atoms with Crippen LogP contribution in [0.5, 0.6) is 0 Å². The number of benzene rings is 1. The number of anilines is 1. The number of aryl methyl sites for hydroxylation is 1. The van der Waals surface area contributed by atoms with Crippen LogP contribution < -0.4 is 10.5 Å². The summed E-state index contributed by atoms with van der Waals surface area (Å²) in [4.78, 5) is -0.0135. The minimum atomic E-state index is -3.69. The highest BCUT2D eigenvalue weighted by molar-refractivity contribution is 7.89. The minimum absolute atomic E-state index is 0.0135. The summed E-state index contributed by atoms with van der Waals surface area (Å²) in [5.74, 6) is -0.426. The van der Waals surface area contributed by atoms with E-state index in [9.17, 15) is 12.8 Å². The van der Waals surface area contributed by atoms with Gasteiger partial charge in [-0.15, -0.1) is 0 Å². The van der Waals surface area contributed by atoms with E-state index in [4.69, 9.17) is 10.5 Å². The van der Waals surface area contributed by atoms with E-state index in [1.807, 2.05) is 6.92 Å². The van der Waals surface area contributed by atoms with Crippen molar-refractivity contribution >= 4 is 15.7 Å². The van der Waals surface area contributed by atoms with Crippen molar-refractivity contribution in [3.8, 4) is 0 Å². The van der Waals surface area contributed by atoms with Crippen molar-refractivity contribution in [3.05, 3.63) is 23.5 Å². The molecule has 0 aromatic heterocycles. The maximum atomic E-state index is 13.4. The lowest BCUT2D eigenvalue weighted by Crippen LogP contribution is -2.32. The molecule has 5 nitrogen and oxygen atoms in total. The highest BCUT2D eigenvalue weighted by Crippen LogP contribution is 2.23. The van der Waals surface area contributed by atoms with Crippen molar-refractivity contribution < 1.29 is 17.5 Å². The molecule has 3 N–H and O–H groups in total. The zero-order valence-electron chi connectivity index (χ0n) is 11.5. The topological polar surface area (TPSA) is 81.4 Å². The molecule has 1 heterocycles. The summed E-state index contributed by atoms with van der Waals surface area (Å²) < 4.78 is 45.7. The van der Waals surface area contributed by atoms with E-state index in [-0.39, 0.29) is 28.2 Å². The molecule has 1 aliphatic rings. The van der Waals surface area contributed by atoms with Crippen molar-refractivity contribution in [2.45, 2.75) is 31.3 Å². The fourth-order valence-electron chi connectivity index (χ4n) is 2.26. The zero-order valence-corrected chi connectivity index (χ0v) is 12.3. The van der Waals surface area contributed by atoms with Gasteiger partial charge in [0.05, 0.1) is 16.7 Å². The number of sulfonamides is 1. The van der Waals surface area contributed by atoms with Crippen LogP contribution in [0.4, 0.5) is 10.1 Å². The molecule has 0 spiro atoms. The maximum absolute atomic E-state index is 13.4. The number of nitrogens with one attached hydrogen (secondary N) is 1. The second kappa shape index (κ2) is 5.67. The maximum Gasteiger partial charge on any atom is 0.240 e. The molecule has 2 unspecified atom stereocenters. The Kier molecular flexibility index (Phi) is 4.31. The molecule has 0 bridgehead atoms. The van der Waals surface area contributed by atoms with Gasteiger partial charge in [-0.3, -0.25) is 0 Å². The third-order valence-electron chi connectivity index (χ3n) is 3.64. The molecule has 1 aliphatic heterocycles. The van der Waals surface area contributed by atoms with E-state index < -0.39 is 15.8 Å². The number of ether oxygens (including phenoxy) is 1. The SMILES string of the molecule is Cc1cc(S(=O)(=O)NCC2CCOC2C)cc(N)c1F. The van der Waals surface area contributed by atoms with Gasteiger partial charge in [0, 0.05) is 19.1 Å². The summed E-state index contributed by atoms with van der Waals surface area (Å²) in [6, 6.07) is 2.42. The standard InChI is InChI=1S/C13H19FN2O3S/c1-8-5-11(6-12(15)13(8)14)20(17,18)16-7-10-3-4-19-9(10)2/h5-6,9-10,16H,3-4,7,15H2,1-2H3. The molecular formula is C13H19FN2O3S. The fraction of sp³-hybridized carbons (Fsp3) is 0.538. The van der Waals surface area contributed by atoms with Gasteiger partial charge >= 0.3 is 0 Å². The molecule has 1 aromatic carbocycles. The van der Waals surface area contributed by atoms with Crippen LogP contribution in [-0.2, 0) is 14.8 Å². The molecule has 0 aliphatic carbocycles. The Labute approximate surface area is 118 Å². The molecule has 1 fully saturated rings. The van der Waals surface area contributed by atoms with Crippen LogP contribution in [0.1, 0.15) is 18.9 Å². The summed E-state index contributed by atoms with van der Waals surface area (Å²) in [6.07, 6.45) is 0.867. The summed E-state index contributed by atoms with van der Waals surface area (Å²) in [6.45, 7) is 4.36. The van der Waals surface area contributed by atoms with Crippen molar-refractivity contribution in [1.82, 2.24) is 4.72 Å². The minimum Gasteiger partial charge on any atom is -0.396 e. The molecule has 112 valence electrons. The van der Waals surface area contributed by atoms with Crippen molar-refractivity contribution in [3.63, 3.8) is 0 Å². The summed E-state index contributed by atoms with van der Waals surface area (Å²) in [5, 5.41) is 0. The van der Waals surface area contributed by atoms with Crippen molar-refractivity contribution in [2.75, 3.05) is 18.9 Å². The van der Waals surface area contributed by atoms with Gasteiger partial charge in [0.15, 0.2) is 0 Å². The predicted octanol–water partition coefficient (Wildman–Crippen LogP) is 1.42. The number of rotatable bonds is 4. The third kappa shape index (κ3) is 3.11. The van der Waals surface area contributed by atoms with Gasteiger partial charge in [0.2, 0.25) is 10.0 Å². The number of hydrogen-bond donors (Lipinski definition) is 2. The van der Waals surface area contributed by atoms with Gasteiger partial charge in [0.1, 0.15) is 5.82 Å². The highest BCUT2D eigenvalue weighted by Gasteiger charge is 2.26. The first kappa shape index (κ1) is 15.2. The van der Waals surface area contributed by atoms with Crippen LogP contribution in [0.2, 0.25) is 0 Å². The first-order valence-electron chi connectivity index (χ1n) is 6.48. The van der Waals surface area contributed by atoms with Crippen LogP contribution in [0, 0.1) is 18.7 Å². The molecule has 0 saturated carbocycles.